The Kier molecular flexibility index (Phi) is 5.82. The smallest absolute Gasteiger partial charge is 0.226 e. The molecule has 1 aromatic carbocycles. The average molecular weight is 318 g/mol. The number of aliphatic hydroxyl groups is 1. The fraction of sp³-hybridized carbons (Fsp3) is 0.632. The number of piperidine rings is 1. The lowest BCUT2D eigenvalue weighted by Gasteiger charge is -2.35. The van der Waals surface area contributed by atoms with E-state index < -0.39 is 5.60 Å². The van der Waals surface area contributed by atoms with Crippen LogP contribution in [-0.4, -0.2) is 41.1 Å². The molecule has 0 radical (unpaired) electrons. The number of likely N-dealkylation sites (tertiary alicyclic amines) is 1. The lowest BCUT2D eigenvalue weighted by molar-refractivity contribution is -0.118. The predicted molar refractivity (Wildman–Crippen MR) is 94.6 cm³/mol. The van der Waals surface area contributed by atoms with Crippen LogP contribution < -0.4 is 5.32 Å². The second-order valence-corrected chi connectivity index (χ2v) is 7.63. The van der Waals surface area contributed by atoms with Gasteiger partial charge in [0, 0.05) is 18.2 Å². The van der Waals surface area contributed by atoms with E-state index in [1.165, 1.54) is 5.56 Å². The van der Waals surface area contributed by atoms with E-state index in [9.17, 15) is 9.90 Å². The lowest BCUT2D eigenvalue weighted by atomic mass is 9.88. The molecule has 128 valence electrons. The number of nitrogens with one attached hydrogen (secondary N) is 1. The van der Waals surface area contributed by atoms with Gasteiger partial charge in [-0.25, -0.2) is 0 Å². The van der Waals surface area contributed by atoms with Crippen molar-refractivity contribution < 1.29 is 9.90 Å². The summed E-state index contributed by atoms with van der Waals surface area (Å²) >= 11 is 0. The normalized spacial score (nSPS) is 17.5. The van der Waals surface area contributed by atoms with Crippen LogP contribution in [0.2, 0.25) is 0 Å². The van der Waals surface area contributed by atoms with Crippen molar-refractivity contribution in [2.24, 2.45) is 5.92 Å². The van der Waals surface area contributed by atoms with Crippen molar-refractivity contribution >= 4 is 11.6 Å². The second kappa shape index (κ2) is 7.45. The molecule has 1 heterocycles. The lowest BCUT2D eigenvalue weighted by Crippen LogP contribution is -2.42. The summed E-state index contributed by atoms with van der Waals surface area (Å²) in [7, 11) is 0. The van der Waals surface area contributed by atoms with Crippen molar-refractivity contribution in [2.75, 3.05) is 25.0 Å². The molecule has 1 aliphatic rings. The van der Waals surface area contributed by atoms with Gasteiger partial charge in [-0.3, -0.25) is 4.79 Å². The van der Waals surface area contributed by atoms with E-state index in [1.54, 1.807) is 0 Å². The highest BCUT2D eigenvalue weighted by molar-refractivity contribution is 5.92. The highest BCUT2D eigenvalue weighted by atomic mass is 16.3. The summed E-state index contributed by atoms with van der Waals surface area (Å²) in [5.74, 6) is 0.579. The molecule has 4 nitrogen and oxygen atoms in total. The molecule has 2 rings (SSSR count). The third kappa shape index (κ3) is 5.63. The molecule has 1 aliphatic heterocycles. The van der Waals surface area contributed by atoms with E-state index in [1.807, 2.05) is 39.8 Å². The maximum absolute atomic E-state index is 11.8. The van der Waals surface area contributed by atoms with Crippen LogP contribution in [0.5, 0.6) is 0 Å². The van der Waals surface area contributed by atoms with Gasteiger partial charge in [0.25, 0.3) is 0 Å². The molecular formula is C19H30N2O2. The molecule has 2 N–H and O–H groups in total. The van der Waals surface area contributed by atoms with E-state index in [-0.39, 0.29) is 11.8 Å². The minimum absolute atomic E-state index is 0.0104. The summed E-state index contributed by atoms with van der Waals surface area (Å²) in [5, 5.41) is 12.9. The molecule has 0 spiro atoms. The minimum Gasteiger partial charge on any atom is -0.389 e. The van der Waals surface area contributed by atoms with Crippen LogP contribution in [0, 0.1) is 5.92 Å². The number of rotatable bonds is 5. The van der Waals surface area contributed by atoms with Gasteiger partial charge < -0.3 is 15.3 Å². The van der Waals surface area contributed by atoms with Crippen LogP contribution in [0.1, 0.15) is 52.0 Å². The Bertz CT molecular complexity index is 526. The van der Waals surface area contributed by atoms with Crippen molar-refractivity contribution in [1.82, 2.24) is 4.90 Å². The molecule has 1 aromatic rings. The number of hydrogen-bond donors (Lipinski definition) is 2. The van der Waals surface area contributed by atoms with Crippen LogP contribution in [0.3, 0.4) is 0 Å². The molecule has 0 aromatic heterocycles. The maximum atomic E-state index is 11.8. The molecule has 0 saturated carbocycles. The van der Waals surface area contributed by atoms with E-state index in [0.717, 1.165) is 38.2 Å². The Morgan fingerprint density at radius 3 is 2.57 bits per heavy atom. The summed E-state index contributed by atoms with van der Waals surface area (Å²) in [5.41, 5.74) is 1.56. The zero-order valence-corrected chi connectivity index (χ0v) is 14.8. The molecular weight excluding hydrogens is 288 g/mol. The zero-order chi connectivity index (χ0) is 17.0. The van der Waals surface area contributed by atoms with Crippen molar-refractivity contribution in [2.45, 2.75) is 52.1 Å². The number of anilines is 1. The van der Waals surface area contributed by atoms with Crippen LogP contribution in [0.4, 0.5) is 5.69 Å². The summed E-state index contributed by atoms with van der Waals surface area (Å²) in [6.45, 7) is 10.3. The highest BCUT2D eigenvalue weighted by Crippen LogP contribution is 2.30. The average Bonchev–Trinajstić information content (AvgIpc) is 2.46. The summed E-state index contributed by atoms with van der Waals surface area (Å²) < 4.78 is 0. The van der Waals surface area contributed by atoms with Crippen LogP contribution in [0.15, 0.2) is 24.3 Å². The molecule has 0 aliphatic carbocycles. The quantitative estimate of drug-likeness (QED) is 0.876. The molecule has 0 atom stereocenters. The Balaban J connectivity index is 1.94. The molecule has 23 heavy (non-hydrogen) atoms. The SMILES string of the molecule is CC(C)C(=O)Nc1cccc(C2CCN(CC(C)(C)O)CC2)c1. The van der Waals surface area contributed by atoms with Crippen LogP contribution in [-0.2, 0) is 4.79 Å². The van der Waals surface area contributed by atoms with Crippen LogP contribution >= 0.6 is 0 Å². The fourth-order valence-corrected chi connectivity index (χ4v) is 3.13. The Morgan fingerprint density at radius 1 is 1.35 bits per heavy atom. The number of amides is 1. The minimum atomic E-state index is -0.631. The van der Waals surface area contributed by atoms with Gasteiger partial charge in [-0.1, -0.05) is 26.0 Å². The van der Waals surface area contributed by atoms with E-state index in [0.29, 0.717) is 5.92 Å². The fourth-order valence-electron chi connectivity index (χ4n) is 3.13. The van der Waals surface area contributed by atoms with E-state index in [4.69, 9.17) is 0 Å². The molecule has 4 heteroatoms. The third-order valence-electron chi connectivity index (χ3n) is 4.35. The first-order chi connectivity index (χ1) is 10.7. The van der Waals surface area contributed by atoms with Crippen molar-refractivity contribution in [3.63, 3.8) is 0 Å². The van der Waals surface area contributed by atoms with Crippen LogP contribution in [0.25, 0.3) is 0 Å². The van der Waals surface area contributed by atoms with Gasteiger partial charge in [0.1, 0.15) is 0 Å². The van der Waals surface area contributed by atoms with Gasteiger partial charge in [-0.2, -0.15) is 0 Å². The molecule has 0 bridgehead atoms. The number of carbonyl (C=O) groups is 1. The molecule has 1 amide bonds. The molecule has 1 saturated heterocycles. The number of carbonyl (C=O) groups excluding carboxylic acids is 1. The summed E-state index contributed by atoms with van der Waals surface area (Å²) in [4.78, 5) is 14.2. The predicted octanol–water partition coefficient (Wildman–Crippen LogP) is 3.23. The van der Waals surface area contributed by atoms with Gasteiger partial charge in [-0.05, 0) is 63.4 Å². The summed E-state index contributed by atoms with van der Waals surface area (Å²) in [6, 6.07) is 8.24. The Hall–Kier alpha value is -1.39. The first-order valence-corrected chi connectivity index (χ1v) is 8.60. The number of nitrogens with zero attached hydrogens (tertiary/aromatic N) is 1. The highest BCUT2D eigenvalue weighted by Gasteiger charge is 2.24. The Morgan fingerprint density at radius 2 is 2.00 bits per heavy atom. The number of hydrogen-bond acceptors (Lipinski definition) is 3. The number of benzene rings is 1. The van der Waals surface area contributed by atoms with Gasteiger partial charge in [0.05, 0.1) is 5.60 Å². The van der Waals surface area contributed by atoms with Gasteiger partial charge >= 0.3 is 0 Å². The maximum Gasteiger partial charge on any atom is 0.226 e. The standard InChI is InChI=1S/C19H30N2O2/c1-14(2)18(22)20-17-7-5-6-16(12-17)15-8-10-21(11-9-15)13-19(3,4)23/h5-7,12,14-15,23H,8-11,13H2,1-4H3,(H,20,22). The van der Waals surface area contributed by atoms with Gasteiger partial charge in [-0.15, -0.1) is 0 Å². The topological polar surface area (TPSA) is 52.6 Å². The molecule has 0 unspecified atom stereocenters. The van der Waals surface area contributed by atoms with Crippen molar-refractivity contribution in [3.05, 3.63) is 29.8 Å². The first kappa shape index (κ1) is 18.0. The van der Waals surface area contributed by atoms with Crippen molar-refractivity contribution in [1.29, 1.82) is 0 Å². The zero-order valence-electron chi connectivity index (χ0n) is 14.8. The second-order valence-electron chi connectivity index (χ2n) is 7.63. The van der Waals surface area contributed by atoms with E-state index in [2.05, 4.69) is 22.3 Å². The van der Waals surface area contributed by atoms with Crippen molar-refractivity contribution in [3.8, 4) is 0 Å². The number of β-amino-alcohol motifs (C(OH)–C–C–N with tert-alkyl or cyclic N) is 1. The monoisotopic (exact) mass is 318 g/mol. The Labute approximate surface area is 139 Å². The molecule has 1 fully saturated rings. The summed E-state index contributed by atoms with van der Waals surface area (Å²) in [6.07, 6.45) is 2.19. The van der Waals surface area contributed by atoms with E-state index >= 15 is 0 Å². The van der Waals surface area contributed by atoms with Gasteiger partial charge in [0.15, 0.2) is 0 Å². The largest absolute Gasteiger partial charge is 0.389 e. The van der Waals surface area contributed by atoms with Gasteiger partial charge in [0.2, 0.25) is 5.91 Å². The third-order valence-corrected chi connectivity index (χ3v) is 4.35. The first-order valence-electron chi connectivity index (χ1n) is 8.60.